The van der Waals surface area contributed by atoms with Gasteiger partial charge in [0.1, 0.15) is 17.1 Å². The van der Waals surface area contributed by atoms with Gasteiger partial charge in [-0.15, -0.1) is 0 Å². The van der Waals surface area contributed by atoms with Gasteiger partial charge in [-0.05, 0) is 74.3 Å². The topological polar surface area (TPSA) is 85.3 Å². The molecule has 2 bridgehead atoms. The van der Waals surface area contributed by atoms with Crippen molar-refractivity contribution in [2.75, 3.05) is 20.8 Å². The summed E-state index contributed by atoms with van der Waals surface area (Å²) in [5.74, 6) is 1.89. The number of carbonyl (C=O) groups excluding carboxylic acids is 2. The van der Waals surface area contributed by atoms with Crippen LogP contribution < -0.4 is 9.47 Å². The largest absolute Gasteiger partial charge is 0.497 e. The zero-order valence-corrected chi connectivity index (χ0v) is 27.4. The van der Waals surface area contributed by atoms with Gasteiger partial charge in [0, 0.05) is 39.0 Å². The standard InChI is InChI=1S/C39H45NO6/c1-35-15-12-27(41)21-37(35)18-19-39(29(22-37)33(42)25-8-6-5-7-9-25)31(35)13-16-36(2)32(39)14-17-38(36)24-40(34(43)46-38)23-26-10-11-28(44-3)20-30(26)45-4/h5-11,18-20,22,27,31-32,41H,12-17,21,23-24H2,1-4H3/t27-,31+,32+,35+,36-,37-,38+,39+/m0/s1. The molecule has 1 N–H and O–H groups in total. The normalized spacial score (nSPS) is 40.2. The van der Waals surface area contributed by atoms with E-state index in [0.717, 1.165) is 49.7 Å². The Morgan fingerprint density at radius 2 is 1.70 bits per heavy atom. The van der Waals surface area contributed by atoms with Gasteiger partial charge < -0.3 is 19.3 Å². The van der Waals surface area contributed by atoms with E-state index in [0.29, 0.717) is 36.6 Å². The molecule has 7 aliphatic rings. The van der Waals surface area contributed by atoms with Crippen LogP contribution in [0.5, 0.6) is 11.5 Å². The maximum atomic E-state index is 14.6. The first kappa shape index (κ1) is 29.8. The Bertz CT molecular complexity index is 1670. The van der Waals surface area contributed by atoms with Crippen LogP contribution in [0.2, 0.25) is 0 Å². The molecule has 4 fully saturated rings. The van der Waals surface area contributed by atoms with Crippen molar-refractivity contribution in [3.8, 4) is 11.5 Å². The zero-order chi connectivity index (χ0) is 32.1. The van der Waals surface area contributed by atoms with E-state index in [2.05, 4.69) is 32.1 Å². The molecular formula is C39H45NO6. The summed E-state index contributed by atoms with van der Waals surface area (Å²) in [7, 11) is 3.26. The highest BCUT2D eigenvalue weighted by molar-refractivity contribution is 6.10. The summed E-state index contributed by atoms with van der Waals surface area (Å²) in [4.78, 5) is 30.2. The number of Topliss-reactive ketones (excluding diaryl/α,β-unsaturated/α-hetero) is 1. The van der Waals surface area contributed by atoms with E-state index in [4.69, 9.17) is 14.2 Å². The van der Waals surface area contributed by atoms with Gasteiger partial charge in [0.05, 0.1) is 33.4 Å². The first-order chi connectivity index (χ1) is 22.0. The van der Waals surface area contributed by atoms with E-state index in [1.54, 1.807) is 14.2 Å². The van der Waals surface area contributed by atoms with Crippen LogP contribution in [0, 0.1) is 33.5 Å². The first-order valence-electron chi connectivity index (χ1n) is 17.0. The molecule has 8 atom stereocenters. The molecule has 9 rings (SSSR count). The Kier molecular flexibility index (Phi) is 6.45. The molecule has 242 valence electrons. The quantitative estimate of drug-likeness (QED) is 0.272. The lowest BCUT2D eigenvalue weighted by Gasteiger charge is -2.71. The SMILES string of the molecule is COc1ccc(CN2C[C@@]3(CC[C@H]4[C@]56C=C[C@@]7(C=C5C(=O)c5ccccc5)C[C@@H](O)CC[C@]7(C)[C@H]6CC[C@@]43C)OC2=O)c(OC)c1. The van der Waals surface area contributed by atoms with Gasteiger partial charge in [0.2, 0.25) is 0 Å². The number of fused-ring (bicyclic) bond motifs is 2. The van der Waals surface area contributed by atoms with Crippen molar-refractivity contribution in [1.29, 1.82) is 0 Å². The average Bonchev–Trinajstić information content (AvgIpc) is 3.55. The number of allylic oxidation sites excluding steroid dienone is 4. The second-order valence-corrected chi connectivity index (χ2v) is 15.4. The number of carbonyl (C=O) groups is 2. The van der Waals surface area contributed by atoms with Crippen LogP contribution in [0.15, 0.2) is 72.3 Å². The highest BCUT2D eigenvalue weighted by Gasteiger charge is 2.76. The lowest BCUT2D eigenvalue weighted by Crippen LogP contribution is -2.67. The number of aliphatic hydroxyl groups is 1. The summed E-state index contributed by atoms with van der Waals surface area (Å²) in [6.45, 7) is 5.66. The Labute approximate surface area is 271 Å². The van der Waals surface area contributed by atoms with Crippen molar-refractivity contribution in [3.05, 3.63) is 83.5 Å². The Hall–Kier alpha value is -3.58. The third-order valence-corrected chi connectivity index (χ3v) is 13.8. The van der Waals surface area contributed by atoms with Crippen molar-refractivity contribution >= 4 is 11.9 Å². The summed E-state index contributed by atoms with van der Waals surface area (Å²) < 4.78 is 17.6. The van der Waals surface area contributed by atoms with E-state index in [1.165, 1.54) is 0 Å². The molecule has 1 aliphatic heterocycles. The number of rotatable bonds is 6. The fourth-order valence-corrected chi connectivity index (χ4v) is 11.4. The summed E-state index contributed by atoms with van der Waals surface area (Å²) in [5, 5.41) is 10.9. The molecule has 3 saturated carbocycles. The lowest BCUT2D eigenvalue weighted by atomic mass is 9.32. The van der Waals surface area contributed by atoms with Gasteiger partial charge in [-0.2, -0.15) is 0 Å². The number of hydrogen-bond acceptors (Lipinski definition) is 6. The van der Waals surface area contributed by atoms with Crippen LogP contribution >= 0.6 is 0 Å². The van der Waals surface area contributed by atoms with Crippen molar-refractivity contribution in [1.82, 2.24) is 4.90 Å². The van der Waals surface area contributed by atoms with Gasteiger partial charge in [-0.1, -0.05) is 62.4 Å². The van der Waals surface area contributed by atoms with E-state index in [9.17, 15) is 14.7 Å². The fourth-order valence-electron chi connectivity index (χ4n) is 11.4. The number of aliphatic hydroxyl groups excluding tert-OH is 1. The number of nitrogens with zero attached hydrogens (tertiary/aromatic N) is 1. The maximum absolute atomic E-state index is 14.6. The molecule has 7 heteroatoms. The van der Waals surface area contributed by atoms with Crippen LogP contribution in [0.4, 0.5) is 4.79 Å². The van der Waals surface area contributed by atoms with Crippen molar-refractivity contribution in [3.63, 3.8) is 0 Å². The molecule has 1 heterocycles. The van der Waals surface area contributed by atoms with Gasteiger partial charge in [0.15, 0.2) is 5.78 Å². The average molecular weight is 624 g/mol. The van der Waals surface area contributed by atoms with Crippen molar-refractivity contribution in [2.45, 2.75) is 77.0 Å². The van der Waals surface area contributed by atoms with Crippen LogP contribution in [0.3, 0.4) is 0 Å². The fraction of sp³-hybridized carbons (Fsp3) is 0.538. The van der Waals surface area contributed by atoms with Crippen LogP contribution in [0.25, 0.3) is 0 Å². The molecule has 1 amide bonds. The Morgan fingerprint density at radius 3 is 2.46 bits per heavy atom. The first-order valence-corrected chi connectivity index (χ1v) is 17.0. The summed E-state index contributed by atoms with van der Waals surface area (Å²) in [6.07, 6.45) is 12.3. The minimum atomic E-state index is -0.640. The van der Waals surface area contributed by atoms with Gasteiger partial charge in [-0.3, -0.25) is 9.69 Å². The molecule has 0 unspecified atom stereocenters. The number of ketones is 1. The predicted octanol–water partition coefficient (Wildman–Crippen LogP) is 7.14. The summed E-state index contributed by atoms with van der Waals surface area (Å²) in [5.41, 5.74) is 0.708. The van der Waals surface area contributed by atoms with Crippen LogP contribution in [-0.4, -0.2) is 54.4 Å². The monoisotopic (exact) mass is 623 g/mol. The number of methoxy groups -OCH3 is 2. The molecule has 7 nitrogen and oxygen atoms in total. The molecule has 2 aromatic carbocycles. The second-order valence-electron chi connectivity index (χ2n) is 15.4. The molecule has 0 radical (unpaired) electrons. The zero-order valence-electron chi connectivity index (χ0n) is 27.4. The van der Waals surface area contributed by atoms with Crippen LogP contribution in [0.1, 0.15) is 74.7 Å². The summed E-state index contributed by atoms with van der Waals surface area (Å²) >= 11 is 0. The maximum Gasteiger partial charge on any atom is 0.410 e. The second kappa shape index (κ2) is 9.96. The number of amides is 1. The Morgan fingerprint density at radius 1 is 0.957 bits per heavy atom. The molecule has 46 heavy (non-hydrogen) atoms. The van der Waals surface area contributed by atoms with E-state index in [-0.39, 0.29) is 46.1 Å². The summed E-state index contributed by atoms with van der Waals surface area (Å²) in [6, 6.07) is 15.4. The minimum Gasteiger partial charge on any atom is -0.497 e. The van der Waals surface area contributed by atoms with Gasteiger partial charge in [0.25, 0.3) is 0 Å². The molecule has 6 aliphatic carbocycles. The molecule has 2 aromatic rings. The molecular weight excluding hydrogens is 578 g/mol. The third-order valence-electron chi connectivity index (χ3n) is 13.8. The van der Waals surface area contributed by atoms with E-state index in [1.807, 2.05) is 53.4 Å². The number of ether oxygens (including phenoxy) is 3. The smallest absolute Gasteiger partial charge is 0.410 e. The van der Waals surface area contributed by atoms with Gasteiger partial charge >= 0.3 is 6.09 Å². The molecule has 0 aromatic heterocycles. The van der Waals surface area contributed by atoms with Crippen LogP contribution in [-0.2, 0) is 11.3 Å². The molecule has 3 spiro atoms. The van der Waals surface area contributed by atoms with Gasteiger partial charge in [-0.25, -0.2) is 4.79 Å². The third kappa shape index (κ3) is 3.69. The molecule has 1 saturated heterocycles. The minimum absolute atomic E-state index is 0.0537. The predicted molar refractivity (Wildman–Crippen MR) is 174 cm³/mol. The van der Waals surface area contributed by atoms with Crippen molar-refractivity contribution in [2.24, 2.45) is 33.5 Å². The Balaban J connectivity index is 1.19. The lowest BCUT2D eigenvalue weighted by molar-refractivity contribution is -0.164. The van der Waals surface area contributed by atoms with E-state index >= 15 is 0 Å². The van der Waals surface area contributed by atoms with E-state index < -0.39 is 11.0 Å². The van der Waals surface area contributed by atoms with Crippen molar-refractivity contribution < 1.29 is 28.9 Å². The number of hydrogen-bond donors (Lipinski definition) is 1. The highest BCUT2D eigenvalue weighted by Crippen LogP contribution is 2.79. The highest BCUT2D eigenvalue weighted by atomic mass is 16.6. The number of benzene rings is 2.